The number of rotatable bonds is 4. The van der Waals surface area contributed by atoms with Gasteiger partial charge in [-0.2, -0.15) is 13.2 Å². The summed E-state index contributed by atoms with van der Waals surface area (Å²) in [5, 5.41) is 0. The van der Waals surface area contributed by atoms with Gasteiger partial charge in [-0.25, -0.2) is 4.90 Å². The van der Waals surface area contributed by atoms with E-state index in [1.165, 1.54) is 22.6 Å². The second kappa shape index (κ2) is 8.20. The Balaban J connectivity index is 1.41. The molecule has 0 unspecified atom stereocenters. The first kappa shape index (κ1) is 20.6. The average molecular weight is 419 g/mol. The second-order valence-electron chi connectivity index (χ2n) is 7.94. The van der Waals surface area contributed by atoms with E-state index in [9.17, 15) is 22.8 Å². The number of nitrogens with zero attached hydrogens (tertiary/aromatic N) is 1. The molecule has 2 aliphatic heterocycles. The number of benzene rings is 2. The highest BCUT2D eigenvalue weighted by atomic mass is 19.4. The van der Waals surface area contributed by atoms with Crippen LogP contribution in [-0.2, 0) is 22.3 Å². The SMILES string of the molecule is O=C1C[C@@H]([NH+]2CC[NH+](Cc3ccccc3)CC2)C(=O)N1c1cccc(C(F)(F)F)c1. The molecule has 2 aromatic carbocycles. The molecule has 2 fully saturated rings. The van der Waals surface area contributed by atoms with Crippen LogP contribution in [0.2, 0.25) is 0 Å². The lowest BCUT2D eigenvalue weighted by Gasteiger charge is -2.32. The smallest absolute Gasteiger partial charge is 0.322 e. The van der Waals surface area contributed by atoms with Gasteiger partial charge in [0.05, 0.1) is 17.7 Å². The summed E-state index contributed by atoms with van der Waals surface area (Å²) in [6, 6.07) is 14.1. The molecule has 5 nitrogen and oxygen atoms in total. The topological polar surface area (TPSA) is 46.3 Å². The number of imide groups is 1. The van der Waals surface area contributed by atoms with Crippen molar-refractivity contribution in [2.24, 2.45) is 0 Å². The molecule has 2 heterocycles. The van der Waals surface area contributed by atoms with Gasteiger partial charge in [-0.3, -0.25) is 9.59 Å². The molecule has 30 heavy (non-hydrogen) atoms. The Hall–Kier alpha value is -2.71. The molecule has 4 rings (SSSR count). The van der Waals surface area contributed by atoms with E-state index in [1.54, 1.807) is 0 Å². The molecular weight excluding hydrogens is 395 g/mol. The van der Waals surface area contributed by atoms with Crippen molar-refractivity contribution in [1.82, 2.24) is 0 Å². The number of carbonyl (C=O) groups excluding carboxylic acids is 2. The number of hydrogen-bond acceptors (Lipinski definition) is 2. The zero-order valence-electron chi connectivity index (χ0n) is 16.4. The maximum absolute atomic E-state index is 13.0. The van der Waals surface area contributed by atoms with Gasteiger partial charge in [-0.1, -0.05) is 36.4 Å². The number of amides is 2. The van der Waals surface area contributed by atoms with E-state index in [1.807, 2.05) is 18.2 Å². The average Bonchev–Trinajstić information content (AvgIpc) is 3.03. The fourth-order valence-corrected chi connectivity index (χ4v) is 4.38. The highest BCUT2D eigenvalue weighted by Crippen LogP contribution is 2.32. The number of hydrogen-bond donors (Lipinski definition) is 2. The summed E-state index contributed by atoms with van der Waals surface area (Å²) in [4.78, 5) is 28.9. The lowest BCUT2D eigenvalue weighted by atomic mass is 10.1. The van der Waals surface area contributed by atoms with Gasteiger partial charge < -0.3 is 9.80 Å². The summed E-state index contributed by atoms with van der Waals surface area (Å²) in [6.45, 7) is 4.18. The summed E-state index contributed by atoms with van der Waals surface area (Å²) in [7, 11) is 0. The molecule has 2 saturated heterocycles. The number of carbonyl (C=O) groups is 2. The van der Waals surface area contributed by atoms with Crippen molar-refractivity contribution in [3.05, 3.63) is 65.7 Å². The molecule has 0 bridgehead atoms. The van der Waals surface area contributed by atoms with Crippen LogP contribution in [0.3, 0.4) is 0 Å². The third-order valence-corrected chi connectivity index (χ3v) is 5.97. The van der Waals surface area contributed by atoms with Gasteiger partial charge in [0.2, 0.25) is 5.91 Å². The Morgan fingerprint density at radius 1 is 0.933 bits per heavy atom. The molecule has 1 atom stereocenters. The summed E-state index contributed by atoms with van der Waals surface area (Å²) in [5.74, 6) is -0.836. The zero-order valence-corrected chi connectivity index (χ0v) is 16.4. The molecule has 0 radical (unpaired) electrons. The van der Waals surface area contributed by atoms with Gasteiger partial charge in [-0.15, -0.1) is 0 Å². The van der Waals surface area contributed by atoms with Crippen molar-refractivity contribution in [3.63, 3.8) is 0 Å². The van der Waals surface area contributed by atoms with Crippen LogP contribution in [0, 0.1) is 0 Å². The molecular formula is C22H24F3N3O2+2. The maximum Gasteiger partial charge on any atom is 0.416 e. The minimum Gasteiger partial charge on any atom is -0.322 e. The molecule has 2 N–H and O–H groups in total. The third kappa shape index (κ3) is 4.24. The summed E-state index contributed by atoms with van der Waals surface area (Å²) >= 11 is 0. The quantitative estimate of drug-likeness (QED) is 0.702. The number of quaternary nitrogens is 2. The van der Waals surface area contributed by atoms with Crippen LogP contribution in [-0.4, -0.2) is 44.0 Å². The van der Waals surface area contributed by atoms with Crippen LogP contribution in [0.4, 0.5) is 18.9 Å². The third-order valence-electron chi connectivity index (χ3n) is 5.97. The standard InChI is InChI=1S/C22H22F3N3O2/c23-22(24,25)17-7-4-8-18(13-17)28-20(29)14-19(21(28)30)27-11-9-26(10-12-27)15-16-5-2-1-3-6-16/h1-8,13,19H,9-12,14-15H2/p+2/t19-/m1/s1. The number of nitrogens with one attached hydrogen (secondary N) is 2. The van der Waals surface area contributed by atoms with E-state index in [0.717, 1.165) is 54.7 Å². The first-order valence-electron chi connectivity index (χ1n) is 10.1. The largest absolute Gasteiger partial charge is 0.416 e. The Morgan fingerprint density at radius 3 is 2.30 bits per heavy atom. The van der Waals surface area contributed by atoms with Crippen molar-refractivity contribution in [2.75, 3.05) is 31.1 Å². The highest BCUT2D eigenvalue weighted by molar-refractivity contribution is 6.21. The molecule has 8 heteroatoms. The highest BCUT2D eigenvalue weighted by Gasteiger charge is 2.47. The van der Waals surface area contributed by atoms with Gasteiger partial charge in [-0.05, 0) is 18.2 Å². The molecule has 0 aliphatic carbocycles. The molecule has 0 aromatic heterocycles. The Labute approximate surface area is 172 Å². The predicted octanol–water partition coefficient (Wildman–Crippen LogP) is 0.321. The molecule has 2 aromatic rings. The van der Waals surface area contributed by atoms with E-state index in [2.05, 4.69) is 12.1 Å². The first-order valence-corrected chi connectivity index (χ1v) is 10.1. The molecule has 0 spiro atoms. The minimum atomic E-state index is -4.52. The van der Waals surface area contributed by atoms with E-state index in [-0.39, 0.29) is 12.1 Å². The maximum atomic E-state index is 13.0. The van der Waals surface area contributed by atoms with Crippen LogP contribution in [0.5, 0.6) is 0 Å². The first-order chi connectivity index (χ1) is 14.3. The normalized spacial score (nSPS) is 25.0. The fourth-order valence-electron chi connectivity index (χ4n) is 4.38. The zero-order chi connectivity index (χ0) is 21.3. The minimum absolute atomic E-state index is 0.00457. The molecule has 0 saturated carbocycles. The van der Waals surface area contributed by atoms with Crippen molar-refractivity contribution < 1.29 is 32.6 Å². The number of piperazine rings is 1. The van der Waals surface area contributed by atoms with Gasteiger partial charge in [0.15, 0.2) is 6.04 Å². The second-order valence-corrected chi connectivity index (χ2v) is 7.94. The summed E-state index contributed by atoms with van der Waals surface area (Å²) in [6.07, 6.45) is -4.48. The van der Waals surface area contributed by atoms with E-state index >= 15 is 0 Å². The monoisotopic (exact) mass is 419 g/mol. The van der Waals surface area contributed by atoms with E-state index in [0.29, 0.717) is 0 Å². The van der Waals surface area contributed by atoms with Crippen molar-refractivity contribution in [2.45, 2.75) is 25.2 Å². The fraction of sp³-hybridized carbons (Fsp3) is 0.364. The molecule has 2 amide bonds. The van der Waals surface area contributed by atoms with Crippen LogP contribution in [0.25, 0.3) is 0 Å². The van der Waals surface area contributed by atoms with E-state index < -0.39 is 29.6 Å². The van der Waals surface area contributed by atoms with Crippen LogP contribution < -0.4 is 14.7 Å². The van der Waals surface area contributed by atoms with Gasteiger partial charge in [0.1, 0.15) is 32.7 Å². The Bertz CT molecular complexity index is 925. The van der Waals surface area contributed by atoms with Gasteiger partial charge in [0, 0.05) is 5.56 Å². The van der Waals surface area contributed by atoms with Crippen molar-refractivity contribution in [3.8, 4) is 0 Å². The van der Waals surface area contributed by atoms with Gasteiger partial charge in [0.25, 0.3) is 5.91 Å². The van der Waals surface area contributed by atoms with Crippen molar-refractivity contribution >= 4 is 17.5 Å². The summed E-state index contributed by atoms with van der Waals surface area (Å²) in [5.41, 5.74) is 0.392. The van der Waals surface area contributed by atoms with Crippen LogP contribution in [0.1, 0.15) is 17.5 Å². The summed E-state index contributed by atoms with van der Waals surface area (Å²) < 4.78 is 39.0. The van der Waals surface area contributed by atoms with E-state index in [4.69, 9.17) is 0 Å². The lowest BCUT2D eigenvalue weighted by Crippen LogP contribution is -3.29. The molecule has 2 aliphatic rings. The van der Waals surface area contributed by atoms with Crippen LogP contribution in [0.15, 0.2) is 54.6 Å². The number of alkyl halides is 3. The Kier molecular flexibility index (Phi) is 5.62. The Morgan fingerprint density at radius 2 is 1.63 bits per heavy atom. The lowest BCUT2D eigenvalue weighted by molar-refractivity contribution is -1.02. The van der Waals surface area contributed by atoms with Gasteiger partial charge >= 0.3 is 6.18 Å². The number of anilines is 1. The van der Waals surface area contributed by atoms with Crippen LogP contribution >= 0.6 is 0 Å². The van der Waals surface area contributed by atoms with Crippen molar-refractivity contribution in [1.29, 1.82) is 0 Å². The predicted molar refractivity (Wildman–Crippen MR) is 104 cm³/mol. The number of halogens is 3. The molecule has 158 valence electrons.